The highest BCUT2D eigenvalue weighted by Crippen LogP contribution is 2.30. The number of aryl methyl sites for hydroxylation is 2. The number of hydrogen-bond donors (Lipinski definition) is 0. The Morgan fingerprint density at radius 2 is 1.74 bits per heavy atom. The maximum Gasteiger partial charge on any atom is 0.336 e. The molecule has 5 aromatic rings. The highest BCUT2D eigenvalue weighted by Gasteiger charge is 2.23. The Kier molecular flexibility index (Phi) is 5.29. The smallest absolute Gasteiger partial charge is 0.336 e. The van der Waals surface area contributed by atoms with E-state index in [1.165, 1.54) is 16.7 Å². The van der Waals surface area contributed by atoms with Crippen LogP contribution in [0.4, 0.5) is 4.39 Å². The van der Waals surface area contributed by atoms with Gasteiger partial charge in [-0.1, -0.05) is 35.4 Å². The number of methoxy groups -OCH3 is 1. The molecule has 0 radical (unpaired) electrons. The van der Waals surface area contributed by atoms with E-state index in [2.05, 4.69) is 0 Å². The van der Waals surface area contributed by atoms with Crippen molar-refractivity contribution >= 4 is 33.5 Å². The Bertz CT molecular complexity index is 1680. The summed E-state index contributed by atoms with van der Waals surface area (Å²) in [7, 11) is 3.31. The summed E-state index contributed by atoms with van der Waals surface area (Å²) in [4.78, 5) is 27.6. The molecule has 172 valence electrons. The maximum absolute atomic E-state index is 14.8. The van der Waals surface area contributed by atoms with E-state index in [1.54, 1.807) is 49.1 Å². The van der Waals surface area contributed by atoms with Gasteiger partial charge in [0.25, 0.3) is 5.56 Å². The van der Waals surface area contributed by atoms with Gasteiger partial charge >= 0.3 is 5.69 Å². The lowest BCUT2D eigenvalue weighted by Crippen LogP contribution is -2.39. The topological polar surface area (TPSA) is 58.2 Å². The zero-order valence-electron chi connectivity index (χ0n) is 18.8. The first-order valence-corrected chi connectivity index (χ1v) is 11.0. The van der Waals surface area contributed by atoms with E-state index >= 15 is 0 Å². The Labute approximate surface area is 199 Å². The summed E-state index contributed by atoms with van der Waals surface area (Å²) < 4.78 is 24.4. The number of halogens is 2. The first-order chi connectivity index (χ1) is 16.3. The molecule has 0 amide bonds. The van der Waals surface area contributed by atoms with Crippen molar-refractivity contribution in [3.05, 3.63) is 103 Å². The summed E-state index contributed by atoms with van der Waals surface area (Å²) in [6.45, 7) is 1.77. The summed E-state index contributed by atoms with van der Waals surface area (Å²) in [5.74, 6) is 0.0455. The molecule has 8 heteroatoms. The van der Waals surface area contributed by atoms with Crippen molar-refractivity contribution in [1.82, 2.24) is 13.7 Å². The molecule has 0 saturated heterocycles. The lowest BCUT2D eigenvalue weighted by atomic mass is 10.2. The van der Waals surface area contributed by atoms with E-state index < -0.39 is 17.1 Å². The van der Waals surface area contributed by atoms with E-state index in [9.17, 15) is 14.0 Å². The van der Waals surface area contributed by atoms with Crippen molar-refractivity contribution in [2.75, 3.05) is 7.11 Å². The molecule has 2 aromatic heterocycles. The molecule has 0 unspecified atom stereocenters. The van der Waals surface area contributed by atoms with E-state index in [4.69, 9.17) is 16.3 Å². The van der Waals surface area contributed by atoms with Crippen LogP contribution in [0.3, 0.4) is 0 Å². The highest BCUT2D eigenvalue weighted by atomic mass is 35.5. The average molecular weight is 478 g/mol. The molecule has 0 atom stereocenters. The normalized spacial score (nSPS) is 11.4. The minimum atomic E-state index is -0.587. The van der Waals surface area contributed by atoms with Crippen molar-refractivity contribution in [1.29, 1.82) is 0 Å². The maximum atomic E-state index is 14.8. The summed E-state index contributed by atoms with van der Waals surface area (Å²) in [6, 6.07) is 16.9. The van der Waals surface area contributed by atoms with Crippen LogP contribution in [0, 0.1) is 12.7 Å². The zero-order valence-corrected chi connectivity index (χ0v) is 19.6. The van der Waals surface area contributed by atoms with Gasteiger partial charge in [-0.05, 0) is 49.4 Å². The summed E-state index contributed by atoms with van der Waals surface area (Å²) >= 11 is 6.31. The van der Waals surface area contributed by atoms with E-state index in [-0.39, 0.29) is 17.1 Å². The SMILES string of the molecule is COc1ccc2c(c1)c1c(c(=O)n(-c3ccc(C)cc3)c(=O)n1Cc1c(F)cccc1Cl)n2C. The molecule has 0 N–H and O–H groups in total. The third-order valence-corrected chi connectivity index (χ3v) is 6.50. The van der Waals surface area contributed by atoms with Crippen LogP contribution < -0.4 is 16.0 Å². The summed E-state index contributed by atoms with van der Waals surface area (Å²) in [5, 5.41) is 0.848. The molecule has 0 aliphatic carbocycles. The number of ether oxygens (including phenoxy) is 1. The fourth-order valence-corrected chi connectivity index (χ4v) is 4.59. The molecule has 5 rings (SSSR count). The van der Waals surface area contributed by atoms with Crippen LogP contribution in [0.15, 0.2) is 70.3 Å². The predicted octanol–water partition coefficient (Wildman–Crippen LogP) is 4.80. The number of nitrogens with zero attached hydrogens (tertiary/aromatic N) is 3. The van der Waals surface area contributed by atoms with Gasteiger partial charge in [-0.2, -0.15) is 0 Å². The third-order valence-electron chi connectivity index (χ3n) is 6.15. The fourth-order valence-electron chi connectivity index (χ4n) is 4.37. The molecular weight excluding hydrogens is 457 g/mol. The Morgan fingerprint density at radius 1 is 1.00 bits per heavy atom. The van der Waals surface area contributed by atoms with Gasteiger partial charge in [0.15, 0.2) is 0 Å². The van der Waals surface area contributed by atoms with E-state index in [1.807, 2.05) is 25.1 Å². The lowest BCUT2D eigenvalue weighted by Gasteiger charge is -2.15. The van der Waals surface area contributed by atoms with Gasteiger partial charge in [0.05, 0.1) is 30.4 Å². The second-order valence-corrected chi connectivity index (χ2v) is 8.59. The van der Waals surface area contributed by atoms with Gasteiger partial charge in [-0.15, -0.1) is 0 Å². The number of aromatic nitrogens is 3. The van der Waals surface area contributed by atoms with E-state index in [0.717, 1.165) is 15.6 Å². The second-order valence-electron chi connectivity index (χ2n) is 8.18. The molecule has 6 nitrogen and oxygen atoms in total. The molecule has 2 heterocycles. The predicted molar refractivity (Wildman–Crippen MR) is 132 cm³/mol. The van der Waals surface area contributed by atoms with Crippen LogP contribution in [0.25, 0.3) is 27.6 Å². The first-order valence-electron chi connectivity index (χ1n) is 10.6. The number of fused-ring (bicyclic) bond motifs is 3. The van der Waals surface area contributed by atoms with Gasteiger partial charge in [0, 0.05) is 23.0 Å². The minimum absolute atomic E-state index is 0.149. The lowest BCUT2D eigenvalue weighted by molar-refractivity contribution is 0.415. The van der Waals surface area contributed by atoms with Crippen LogP contribution >= 0.6 is 11.6 Å². The van der Waals surface area contributed by atoms with Crippen molar-refractivity contribution in [2.45, 2.75) is 13.5 Å². The molecular formula is C26H21ClFN3O3. The molecule has 0 saturated carbocycles. The third kappa shape index (κ3) is 3.31. The van der Waals surface area contributed by atoms with Gasteiger partial charge in [0.2, 0.25) is 0 Å². The number of rotatable bonds is 4. The average Bonchev–Trinajstić information content (AvgIpc) is 3.11. The quantitative estimate of drug-likeness (QED) is 0.373. The van der Waals surface area contributed by atoms with Crippen LogP contribution in [0.2, 0.25) is 5.02 Å². The molecule has 0 spiro atoms. The Hall–Kier alpha value is -3.84. The summed E-state index contributed by atoms with van der Waals surface area (Å²) in [6.07, 6.45) is 0. The first kappa shape index (κ1) is 22.0. The number of hydrogen-bond acceptors (Lipinski definition) is 3. The van der Waals surface area contributed by atoms with Crippen LogP contribution in [-0.2, 0) is 13.6 Å². The molecule has 0 bridgehead atoms. The Morgan fingerprint density at radius 3 is 2.41 bits per heavy atom. The standard InChI is InChI=1S/C26H21ClFN3O3/c1-15-7-9-16(10-8-15)31-25(32)24-23(18-13-17(34-3)11-12-22(18)29(24)2)30(26(31)33)14-19-20(27)5-4-6-21(19)28/h4-13H,14H2,1-3H3. The second kappa shape index (κ2) is 8.18. The highest BCUT2D eigenvalue weighted by molar-refractivity contribution is 6.31. The molecule has 34 heavy (non-hydrogen) atoms. The van der Waals surface area contributed by atoms with Crippen molar-refractivity contribution in [2.24, 2.45) is 7.05 Å². The van der Waals surface area contributed by atoms with Crippen molar-refractivity contribution < 1.29 is 9.13 Å². The Balaban J connectivity index is 1.96. The van der Waals surface area contributed by atoms with Crippen LogP contribution in [0.5, 0.6) is 5.75 Å². The van der Waals surface area contributed by atoms with Gasteiger partial charge in [-0.25, -0.2) is 13.8 Å². The molecule has 0 fully saturated rings. The number of benzene rings is 3. The van der Waals surface area contributed by atoms with E-state index in [0.29, 0.717) is 27.9 Å². The molecule has 0 aliphatic rings. The van der Waals surface area contributed by atoms with Gasteiger partial charge in [0.1, 0.15) is 17.1 Å². The van der Waals surface area contributed by atoms with Gasteiger partial charge < -0.3 is 9.30 Å². The monoisotopic (exact) mass is 477 g/mol. The molecule has 0 aliphatic heterocycles. The zero-order chi connectivity index (χ0) is 24.1. The van der Waals surface area contributed by atoms with Crippen molar-refractivity contribution in [3.63, 3.8) is 0 Å². The fraction of sp³-hybridized carbons (Fsp3) is 0.154. The minimum Gasteiger partial charge on any atom is -0.497 e. The van der Waals surface area contributed by atoms with Crippen LogP contribution in [0.1, 0.15) is 11.1 Å². The van der Waals surface area contributed by atoms with Crippen LogP contribution in [-0.4, -0.2) is 20.8 Å². The van der Waals surface area contributed by atoms with Gasteiger partial charge in [-0.3, -0.25) is 9.36 Å². The largest absolute Gasteiger partial charge is 0.497 e. The molecule has 3 aromatic carbocycles. The summed E-state index contributed by atoms with van der Waals surface area (Å²) in [5.41, 5.74) is 1.99. The van der Waals surface area contributed by atoms with Crippen molar-refractivity contribution in [3.8, 4) is 11.4 Å².